The number of hydrogen-bond acceptors (Lipinski definition) is 0. The minimum Gasteiger partial charge on any atom is -0.0654 e. The fraction of sp³-hybridized carbons (Fsp3) is 1.00. The predicted molar refractivity (Wildman–Crippen MR) is 89.5 cm³/mol. The zero-order valence-electron chi connectivity index (χ0n) is 15.3. The molecule has 0 fully saturated rings. The van der Waals surface area contributed by atoms with Crippen molar-refractivity contribution in [3.8, 4) is 0 Å². The molecule has 0 heteroatoms. The van der Waals surface area contributed by atoms with Crippen LogP contribution in [0.25, 0.3) is 0 Å². The van der Waals surface area contributed by atoms with E-state index in [0.29, 0.717) is 10.8 Å². The molecule has 0 aromatic carbocycles. The maximum absolute atomic E-state index is 2.51. The van der Waals surface area contributed by atoms with Crippen LogP contribution in [0.1, 0.15) is 94.4 Å². The first kappa shape index (κ1) is 19.0. The van der Waals surface area contributed by atoms with Gasteiger partial charge in [0.15, 0.2) is 0 Å². The second-order valence-corrected chi connectivity index (χ2v) is 8.98. The van der Waals surface area contributed by atoms with Gasteiger partial charge >= 0.3 is 0 Å². The molecule has 0 spiro atoms. The summed E-state index contributed by atoms with van der Waals surface area (Å²) in [6.45, 7) is 21.8. The Balaban J connectivity index is 4.81. The van der Waals surface area contributed by atoms with E-state index in [-0.39, 0.29) is 0 Å². The van der Waals surface area contributed by atoms with Crippen molar-refractivity contribution in [2.24, 2.45) is 28.6 Å². The molecular formula is C19H40. The highest BCUT2D eigenvalue weighted by molar-refractivity contribution is 4.87. The Hall–Kier alpha value is 0. The van der Waals surface area contributed by atoms with Gasteiger partial charge in [-0.25, -0.2) is 0 Å². The molecule has 19 heavy (non-hydrogen) atoms. The first-order chi connectivity index (χ1) is 8.50. The van der Waals surface area contributed by atoms with Crippen LogP contribution in [0.5, 0.6) is 0 Å². The molecule has 0 bridgehead atoms. The van der Waals surface area contributed by atoms with Gasteiger partial charge in [0.1, 0.15) is 0 Å². The second kappa shape index (κ2) is 7.70. The maximum Gasteiger partial charge on any atom is -0.0314 e. The highest BCUT2D eigenvalue weighted by Gasteiger charge is 2.38. The van der Waals surface area contributed by atoms with Crippen molar-refractivity contribution >= 4 is 0 Å². The lowest BCUT2D eigenvalue weighted by Crippen LogP contribution is -2.36. The number of rotatable bonds is 8. The lowest BCUT2D eigenvalue weighted by Gasteiger charge is -2.45. The van der Waals surface area contributed by atoms with Gasteiger partial charge in [0.25, 0.3) is 0 Å². The van der Waals surface area contributed by atoms with Crippen LogP contribution >= 0.6 is 0 Å². The molecular weight excluding hydrogens is 228 g/mol. The van der Waals surface area contributed by atoms with Crippen molar-refractivity contribution in [2.45, 2.75) is 94.4 Å². The van der Waals surface area contributed by atoms with Gasteiger partial charge in [0.05, 0.1) is 0 Å². The van der Waals surface area contributed by atoms with E-state index in [2.05, 4.69) is 62.3 Å². The summed E-state index contributed by atoms with van der Waals surface area (Å²) < 4.78 is 0. The average molecular weight is 269 g/mol. The summed E-state index contributed by atoms with van der Waals surface area (Å²) in [4.78, 5) is 0. The standard InChI is InChI=1S/C19H40/c1-10-11-16(4)14-19(8,9)17(18(5,6)7)13-12-15(2)3/h15-17H,10-14H2,1-9H3. The molecule has 2 atom stereocenters. The van der Waals surface area contributed by atoms with Crippen LogP contribution in [-0.4, -0.2) is 0 Å². The highest BCUT2D eigenvalue weighted by atomic mass is 14.4. The molecule has 0 aromatic heterocycles. The molecule has 0 aromatic rings. The van der Waals surface area contributed by atoms with Gasteiger partial charge in [-0.1, -0.05) is 81.6 Å². The smallest absolute Gasteiger partial charge is 0.0314 e. The monoisotopic (exact) mass is 268 g/mol. The maximum atomic E-state index is 2.51. The van der Waals surface area contributed by atoms with Crippen molar-refractivity contribution < 1.29 is 0 Å². The first-order valence-electron chi connectivity index (χ1n) is 8.50. The van der Waals surface area contributed by atoms with Crippen LogP contribution in [0.2, 0.25) is 0 Å². The SMILES string of the molecule is CCCC(C)CC(C)(C)C(CCC(C)C)C(C)(C)C. The van der Waals surface area contributed by atoms with Crippen LogP contribution in [0.15, 0.2) is 0 Å². The van der Waals surface area contributed by atoms with E-state index in [1.807, 2.05) is 0 Å². The van der Waals surface area contributed by atoms with E-state index in [1.54, 1.807) is 0 Å². The van der Waals surface area contributed by atoms with Crippen molar-refractivity contribution in [1.29, 1.82) is 0 Å². The van der Waals surface area contributed by atoms with Gasteiger partial charge in [-0.3, -0.25) is 0 Å². The summed E-state index contributed by atoms with van der Waals surface area (Å²) in [5.74, 6) is 2.51. The normalized spacial score (nSPS) is 16.7. The lowest BCUT2D eigenvalue weighted by atomic mass is 9.61. The molecule has 116 valence electrons. The fourth-order valence-corrected chi connectivity index (χ4v) is 4.13. The van der Waals surface area contributed by atoms with E-state index in [0.717, 1.165) is 17.8 Å². The third-order valence-corrected chi connectivity index (χ3v) is 4.68. The predicted octanol–water partition coefficient (Wildman–Crippen LogP) is 6.94. The third kappa shape index (κ3) is 7.37. The average Bonchev–Trinajstić information content (AvgIpc) is 2.13. The van der Waals surface area contributed by atoms with Crippen LogP contribution in [0.3, 0.4) is 0 Å². The summed E-state index contributed by atoms with van der Waals surface area (Å²) >= 11 is 0. The molecule has 0 N–H and O–H groups in total. The molecule has 0 saturated carbocycles. The van der Waals surface area contributed by atoms with Gasteiger partial charge < -0.3 is 0 Å². The van der Waals surface area contributed by atoms with Crippen molar-refractivity contribution in [3.63, 3.8) is 0 Å². The zero-order chi connectivity index (χ0) is 15.3. The largest absolute Gasteiger partial charge is 0.0654 e. The van der Waals surface area contributed by atoms with Crippen LogP contribution in [-0.2, 0) is 0 Å². The molecule has 0 heterocycles. The Morgan fingerprint density at radius 1 is 0.789 bits per heavy atom. The van der Waals surface area contributed by atoms with Gasteiger partial charge in [-0.2, -0.15) is 0 Å². The molecule has 0 radical (unpaired) electrons. The van der Waals surface area contributed by atoms with Crippen LogP contribution < -0.4 is 0 Å². The van der Waals surface area contributed by atoms with E-state index in [4.69, 9.17) is 0 Å². The molecule has 0 aliphatic carbocycles. The van der Waals surface area contributed by atoms with Gasteiger partial charge in [-0.15, -0.1) is 0 Å². The summed E-state index contributed by atoms with van der Waals surface area (Å²) in [6.07, 6.45) is 6.83. The van der Waals surface area contributed by atoms with Crippen LogP contribution in [0.4, 0.5) is 0 Å². The molecule has 0 rings (SSSR count). The first-order valence-corrected chi connectivity index (χ1v) is 8.50. The summed E-state index contributed by atoms with van der Waals surface area (Å²) in [6, 6.07) is 0. The highest BCUT2D eigenvalue weighted by Crippen LogP contribution is 2.47. The fourth-order valence-electron chi connectivity index (χ4n) is 4.13. The molecule has 2 unspecified atom stereocenters. The van der Waals surface area contributed by atoms with Crippen molar-refractivity contribution in [1.82, 2.24) is 0 Å². The Kier molecular flexibility index (Phi) is 7.70. The Morgan fingerprint density at radius 2 is 1.32 bits per heavy atom. The molecule has 0 aliphatic heterocycles. The topological polar surface area (TPSA) is 0 Å². The Bertz CT molecular complexity index is 229. The second-order valence-electron chi connectivity index (χ2n) is 8.98. The van der Waals surface area contributed by atoms with E-state index in [1.165, 1.54) is 32.1 Å². The van der Waals surface area contributed by atoms with Gasteiger partial charge in [0, 0.05) is 0 Å². The van der Waals surface area contributed by atoms with Crippen molar-refractivity contribution in [3.05, 3.63) is 0 Å². The summed E-state index contributed by atoms with van der Waals surface area (Å²) in [5.41, 5.74) is 0.881. The minimum atomic E-state index is 0.421. The molecule has 0 saturated heterocycles. The van der Waals surface area contributed by atoms with E-state index in [9.17, 15) is 0 Å². The van der Waals surface area contributed by atoms with Crippen LogP contribution in [0, 0.1) is 28.6 Å². The molecule has 0 aliphatic rings. The Morgan fingerprint density at radius 3 is 1.68 bits per heavy atom. The molecule has 0 amide bonds. The van der Waals surface area contributed by atoms with E-state index >= 15 is 0 Å². The lowest BCUT2D eigenvalue weighted by molar-refractivity contribution is 0.0513. The van der Waals surface area contributed by atoms with E-state index < -0.39 is 0 Å². The zero-order valence-corrected chi connectivity index (χ0v) is 15.3. The summed E-state index contributed by atoms with van der Waals surface area (Å²) in [5, 5.41) is 0. The Labute approximate surface area is 123 Å². The van der Waals surface area contributed by atoms with Crippen molar-refractivity contribution in [2.75, 3.05) is 0 Å². The summed E-state index contributed by atoms with van der Waals surface area (Å²) in [7, 11) is 0. The minimum absolute atomic E-state index is 0.421. The quantitative estimate of drug-likeness (QED) is 0.447. The van der Waals surface area contributed by atoms with Gasteiger partial charge in [-0.05, 0) is 41.4 Å². The van der Waals surface area contributed by atoms with Gasteiger partial charge in [0.2, 0.25) is 0 Å². The number of hydrogen-bond donors (Lipinski definition) is 0. The molecule has 0 nitrogen and oxygen atoms in total. The third-order valence-electron chi connectivity index (χ3n) is 4.68.